The molecule has 0 unspecified atom stereocenters. The summed E-state index contributed by atoms with van der Waals surface area (Å²) in [7, 11) is 1.23. The standard InChI is InChI=1S/C21H20FN3O4S2/c1-29-17(27)10-23-16(26)11-30-21-24-19-18(12-6-2-5-9-15(12)31-19)20(28)25(21)14-8-4-3-7-13(14)22/h3-4,7-8H,2,5-6,9-11H2,1H3,(H,23,26). The number of halogens is 1. The molecule has 2 heterocycles. The fraction of sp³-hybridized carbons (Fsp3) is 0.333. The van der Waals surface area contributed by atoms with Crippen LogP contribution in [0.1, 0.15) is 23.3 Å². The third-order valence-electron chi connectivity index (χ3n) is 5.04. The van der Waals surface area contributed by atoms with Crippen molar-refractivity contribution in [2.45, 2.75) is 30.8 Å². The average molecular weight is 462 g/mol. The largest absolute Gasteiger partial charge is 0.468 e. The van der Waals surface area contributed by atoms with E-state index in [1.54, 1.807) is 12.1 Å². The second kappa shape index (κ2) is 9.19. The van der Waals surface area contributed by atoms with Gasteiger partial charge in [0.05, 0.1) is 23.9 Å². The van der Waals surface area contributed by atoms with E-state index in [-0.39, 0.29) is 28.7 Å². The van der Waals surface area contributed by atoms with Gasteiger partial charge in [-0.25, -0.2) is 9.37 Å². The quantitative estimate of drug-likeness (QED) is 0.345. The summed E-state index contributed by atoms with van der Waals surface area (Å²) in [5.41, 5.74) is 0.781. The molecule has 162 valence electrons. The van der Waals surface area contributed by atoms with Gasteiger partial charge in [0, 0.05) is 4.88 Å². The van der Waals surface area contributed by atoms with E-state index < -0.39 is 17.7 Å². The number of esters is 1. The zero-order valence-electron chi connectivity index (χ0n) is 16.8. The molecule has 4 rings (SSSR count). The van der Waals surface area contributed by atoms with Crippen molar-refractivity contribution in [1.29, 1.82) is 0 Å². The van der Waals surface area contributed by atoms with Crippen molar-refractivity contribution in [1.82, 2.24) is 14.9 Å². The highest BCUT2D eigenvalue weighted by Gasteiger charge is 2.24. The lowest BCUT2D eigenvalue weighted by atomic mass is 9.97. The monoisotopic (exact) mass is 461 g/mol. The van der Waals surface area contributed by atoms with E-state index in [4.69, 9.17) is 0 Å². The van der Waals surface area contributed by atoms with Crippen LogP contribution in [0.3, 0.4) is 0 Å². The van der Waals surface area contributed by atoms with Crippen molar-refractivity contribution in [3.8, 4) is 5.69 Å². The number of aryl methyl sites for hydroxylation is 2. The molecule has 1 aliphatic rings. The molecule has 1 N–H and O–H groups in total. The second-order valence-electron chi connectivity index (χ2n) is 7.02. The number of benzene rings is 1. The Balaban J connectivity index is 1.75. The minimum absolute atomic E-state index is 0.0888. The lowest BCUT2D eigenvalue weighted by molar-refractivity contribution is -0.140. The van der Waals surface area contributed by atoms with Crippen LogP contribution in [0.5, 0.6) is 0 Å². The number of para-hydroxylation sites is 1. The Morgan fingerprint density at radius 1 is 1.29 bits per heavy atom. The predicted octanol–water partition coefficient (Wildman–Crippen LogP) is 2.85. The summed E-state index contributed by atoms with van der Waals surface area (Å²) in [4.78, 5) is 43.3. The summed E-state index contributed by atoms with van der Waals surface area (Å²) in [5, 5.41) is 3.22. The summed E-state index contributed by atoms with van der Waals surface area (Å²) in [5.74, 6) is -1.62. The number of carbonyl (C=O) groups excluding carboxylic acids is 2. The van der Waals surface area contributed by atoms with E-state index in [1.165, 1.54) is 35.1 Å². The molecule has 0 radical (unpaired) electrons. The van der Waals surface area contributed by atoms with E-state index in [1.807, 2.05) is 0 Å². The van der Waals surface area contributed by atoms with E-state index >= 15 is 0 Å². The Labute approximate surface area is 185 Å². The summed E-state index contributed by atoms with van der Waals surface area (Å²) >= 11 is 2.51. The van der Waals surface area contributed by atoms with Gasteiger partial charge < -0.3 is 10.1 Å². The Morgan fingerprint density at radius 2 is 2.06 bits per heavy atom. The van der Waals surface area contributed by atoms with Crippen LogP contribution in [-0.4, -0.2) is 40.8 Å². The topological polar surface area (TPSA) is 90.3 Å². The number of rotatable bonds is 6. The van der Waals surface area contributed by atoms with E-state index in [0.717, 1.165) is 47.9 Å². The Kier molecular flexibility index (Phi) is 6.38. The zero-order chi connectivity index (χ0) is 22.0. The van der Waals surface area contributed by atoms with Gasteiger partial charge in [-0.3, -0.25) is 19.0 Å². The third kappa shape index (κ3) is 4.35. The number of fused-ring (bicyclic) bond motifs is 3. The van der Waals surface area contributed by atoms with Crippen LogP contribution in [0.4, 0.5) is 4.39 Å². The summed E-state index contributed by atoms with van der Waals surface area (Å²) < 4.78 is 20.4. The number of hydrogen-bond donors (Lipinski definition) is 1. The highest BCUT2D eigenvalue weighted by atomic mass is 32.2. The Hall–Kier alpha value is -2.72. The van der Waals surface area contributed by atoms with Crippen molar-refractivity contribution in [3.63, 3.8) is 0 Å². The van der Waals surface area contributed by atoms with Crippen LogP contribution in [0, 0.1) is 5.82 Å². The van der Waals surface area contributed by atoms with Crippen LogP contribution in [0.25, 0.3) is 15.9 Å². The van der Waals surface area contributed by atoms with Crippen LogP contribution < -0.4 is 10.9 Å². The molecular weight excluding hydrogens is 441 g/mol. The van der Waals surface area contributed by atoms with Crippen molar-refractivity contribution in [2.24, 2.45) is 0 Å². The Bertz CT molecular complexity index is 1220. The van der Waals surface area contributed by atoms with Crippen molar-refractivity contribution >= 4 is 45.2 Å². The maximum absolute atomic E-state index is 14.6. The molecule has 0 atom stereocenters. The molecule has 31 heavy (non-hydrogen) atoms. The van der Waals surface area contributed by atoms with Gasteiger partial charge in [-0.1, -0.05) is 23.9 Å². The predicted molar refractivity (Wildman–Crippen MR) is 118 cm³/mol. The number of carbonyl (C=O) groups is 2. The smallest absolute Gasteiger partial charge is 0.325 e. The van der Waals surface area contributed by atoms with Gasteiger partial charge in [0.1, 0.15) is 17.2 Å². The van der Waals surface area contributed by atoms with Crippen LogP contribution in [-0.2, 0) is 27.2 Å². The molecule has 0 saturated heterocycles. The summed E-state index contributed by atoms with van der Waals surface area (Å²) in [6, 6.07) is 6.00. The van der Waals surface area contributed by atoms with Gasteiger partial charge in [0.15, 0.2) is 5.16 Å². The van der Waals surface area contributed by atoms with Gasteiger partial charge in [0.2, 0.25) is 5.91 Å². The first-order valence-electron chi connectivity index (χ1n) is 9.78. The number of methoxy groups -OCH3 is 1. The first kappa shape index (κ1) is 21.5. The molecule has 0 spiro atoms. The van der Waals surface area contributed by atoms with Crippen LogP contribution in [0.15, 0.2) is 34.2 Å². The SMILES string of the molecule is COC(=O)CNC(=O)CSc1nc2sc3c(c2c(=O)n1-c1ccccc1F)CCCC3. The van der Waals surface area contributed by atoms with Gasteiger partial charge in [-0.05, 0) is 43.4 Å². The molecule has 0 bridgehead atoms. The zero-order valence-corrected chi connectivity index (χ0v) is 18.4. The molecule has 1 aromatic carbocycles. The summed E-state index contributed by atoms with van der Waals surface area (Å²) in [6.07, 6.45) is 3.80. The van der Waals surface area contributed by atoms with Crippen molar-refractivity contribution in [3.05, 3.63) is 50.9 Å². The molecule has 1 amide bonds. The molecule has 1 aliphatic carbocycles. The van der Waals surface area contributed by atoms with Gasteiger partial charge in [-0.15, -0.1) is 11.3 Å². The second-order valence-corrected chi connectivity index (χ2v) is 9.05. The summed E-state index contributed by atoms with van der Waals surface area (Å²) in [6.45, 7) is -0.250. The number of thioether (sulfide) groups is 1. The van der Waals surface area contributed by atoms with Gasteiger partial charge in [-0.2, -0.15) is 0 Å². The maximum Gasteiger partial charge on any atom is 0.325 e. The average Bonchev–Trinajstić information content (AvgIpc) is 3.15. The highest BCUT2D eigenvalue weighted by Crippen LogP contribution is 2.35. The van der Waals surface area contributed by atoms with Crippen molar-refractivity contribution < 1.29 is 18.7 Å². The third-order valence-corrected chi connectivity index (χ3v) is 7.17. The van der Waals surface area contributed by atoms with Gasteiger partial charge >= 0.3 is 5.97 Å². The molecule has 0 aliphatic heterocycles. The number of hydrogen-bond acceptors (Lipinski definition) is 7. The number of aromatic nitrogens is 2. The maximum atomic E-state index is 14.6. The number of ether oxygens (including phenoxy) is 1. The first-order valence-corrected chi connectivity index (χ1v) is 11.6. The van der Waals surface area contributed by atoms with Gasteiger partial charge in [0.25, 0.3) is 5.56 Å². The van der Waals surface area contributed by atoms with E-state index in [9.17, 15) is 18.8 Å². The molecular formula is C21H20FN3O4S2. The van der Waals surface area contributed by atoms with Crippen LogP contribution in [0.2, 0.25) is 0 Å². The number of nitrogens with one attached hydrogen (secondary N) is 1. The van der Waals surface area contributed by atoms with E-state index in [0.29, 0.717) is 10.2 Å². The molecule has 0 fully saturated rings. The Morgan fingerprint density at radius 3 is 2.84 bits per heavy atom. The molecule has 7 nitrogen and oxygen atoms in total. The fourth-order valence-corrected chi connectivity index (χ4v) is 5.69. The lowest BCUT2D eigenvalue weighted by Gasteiger charge is -2.14. The minimum Gasteiger partial charge on any atom is -0.468 e. The molecule has 2 aromatic heterocycles. The van der Waals surface area contributed by atoms with E-state index in [2.05, 4.69) is 15.0 Å². The number of thiophene rings is 1. The molecule has 0 saturated carbocycles. The first-order chi connectivity index (χ1) is 15.0. The molecule has 3 aromatic rings. The van der Waals surface area contributed by atoms with Crippen molar-refractivity contribution in [2.75, 3.05) is 19.4 Å². The number of amides is 1. The minimum atomic E-state index is -0.565. The highest BCUT2D eigenvalue weighted by molar-refractivity contribution is 7.99. The van der Waals surface area contributed by atoms with Crippen LogP contribution >= 0.6 is 23.1 Å². The molecule has 10 heteroatoms. The lowest BCUT2D eigenvalue weighted by Crippen LogP contribution is -2.31. The number of nitrogens with zero attached hydrogens (tertiary/aromatic N) is 2. The fourth-order valence-electron chi connectivity index (χ4n) is 3.55. The normalized spacial score (nSPS) is 13.1.